The van der Waals surface area contributed by atoms with E-state index in [1.165, 1.54) is 12.1 Å². The summed E-state index contributed by atoms with van der Waals surface area (Å²) >= 11 is 2.95. The van der Waals surface area contributed by atoms with E-state index < -0.39 is 11.6 Å². The molecule has 0 spiro atoms. The van der Waals surface area contributed by atoms with Gasteiger partial charge in [-0.25, -0.2) is 13.8 Å². The van der Waals surface area contributed by atoms with Crippen LogP contribution in [0.15, 0.2) is 28.9 Å². The smallest absolute Gasteiger partial charge is 0.191 e. The van der Waals surface area contributed by atoms with Crippen molar-refractivity contribution in [1.82, 2.24) is 25.2 Å². The number of nitrogens with zero attached hydrogens (tertiary/aromatic N) is 5. The number of anilines is 1. The van der Waals surface area contributed by atoms with Crippen molar-refractivity contribution in [2.75, 3.05) is 5.73 Å². The molecule has 3 rings (SSSR count). The van der Waals surface area contributed by atoms with Crippen LogP contribution in [0.5, 0.6) is 0 Å². The number of hydrogen-bond donors (Lipinski definition) is 1. The highest BCUT2D eigenvalue weighted by molar-refractivity contribution is 9.10. The fraction of sp³-hybridized carbons (Fsp3) is 0.250. The number of benzene rings is 1. The van der Waals surface area contributed by atoms with Gasteiger partial charge in [0.05, 0.1) is 10.0 Å². The molecule has 0 aliphatic rings. The predicted octanol–water partition coefficient (Wildman–Crippen LogP) is 3.64. The second-order valence-corrected chi connectivity index (χ2v) is 7.33. The Balaban J connectivity index is 2.29. The van der Waals surface area contributed by atoms with Gasteiger partial charge in [0, 0.05) is 6.20 Å². The van der Waals surface area contributed by atoms with Gasteiger partial charge >= 0.3 is 0 Å². The minimum Gasteiger partial charge on any atom is -0.383 e. The highest BCUT2D eigenvalue weighted by atomic mass is 79.9. The predicted molar refractivity (Wildman–Crippen MR) is 93.1 cm³/mol. The molecule has 6 nitrogen and oxygen atoms in total. The largest absolute Gasteiger partial charge is 0.383 e. The molecular formula is C16H15BrF2N6. The molecular weight excluding hydrogens is 394 g/mol. The first kappa shape index (κ1) is 17.4. The SMILES string of the molecule is CC(C)(C)c1ccnc(N)c1-c1nnnn1-c1ccc(Br)c(F)c1F. The number of aromatic nitrogens is 5. The maximum Gasteiger partial charge on any atom is 0.191 e. The molecule has 2 N–H and O–H groups in total. The molecule has 0 aliphatic heterocycles. The number of rotatable bonds is 2. The molecule has 25 heavy (non-hydrogen) atoms. The van der Waals surface area contributed by atoms with Crippen molar-refractivity contribution in [2.24, 2.45) is 0 Å². The van der Waals surface area contributed by atoms with Crippen LogP contribution in [0.3, 0.4) is 0 Å². The number of tetrazole rings is 1. The van der Waals surface area contributed by atoms with Crippen molar-refractivity contribution in [2.45, 2.75) is 26.2 Å². The first-order chi connectivity index (χ1) is 11.7. The van der Waals surface area contributed by atoms with Crippen LogP contribution in [0.25, 0.3) is 17.1 Å². The van der Waals surface area contributed by atoms with Crippen LogP contribution in [0.4, 0.5) is 14.6 Å². The third kappa shape index (κ3) is 2.99. The topological polar surface area (TPSA) is 82.5 Å². The highest BCUT2D eigenvalue weighted by Crippen LogP contribution is 2.36. The molecule has 0 saturated carbocycles. The summed E-state index contributed by atoms with van der Waals surface area (Å²) in [6.07, 6.45) is 1.59. The van der Waals surface area contributed by atoms with Crippen LogP contribution in [0.2, 0.25) is 0 Å². The van der Waals surface area contributed by atoms with E-state index in [0.29, 0.717) is 5.56 Å². The van der Waals surface area contributed by atoms with Gasteiger partial charge in [-0.15, -0.1) is 5.10 Å². The third-order valence-corrected chi connectivity index (χ3v) is 4.34. The van der Waals surface area contributed by atoms with Gasteiger partial charge in [-0.3, -0.25) is 0 Å². The van der Waals surface area contributed by atoms with Gasteiger partial charge in [0.1, 0.15) is 11.5 Å². The van der Waals surface area contributed by atoms with Gasteiger partial charge in [0.2, 0.25) is 0 Å². The Bertz CT molecular complexity index is 948. The molecule has 0 atom stereocenters. The molecule has 3 aromatic rings. The molecule has 0 unspecified atom stereocenters. The Morgan fingerprint density at radius 3 is 2.52 bits per heavy atom. The van der Waals surface area contributed by atoms with Crippen LogP contribution in [0, 0.1) is 11.6 Å². The molecule has 0 amide bonds. The van der Waals surface area contributed by atoms with Crippen molar-refractivity contribution in [3.05, 3.63) is 46.1 Å². The van der Waals surface area contributed by atoms with Gasteiger partial charge in [-0.1, -0.05) is 20.8 Å². The molecule has 0 aliphatic carbocycles. The van der Waals surface area contributed by atoms with Gasteiger partial charge < -0.3 is 5.73 Å². The fourth-order valence-electron chi connectivity index (χ4n) is 2.52. The van der Waals surface area contributed by atoms with E-state index in [2.05, 4.69) is 36.4 Å². The number of hydrogen-bond acceptors (Lipinski definition) is 5. The van der Waals surface area contributed by atoms with E-state index in [1.54, 1.807) is 6.20 Å². The first-order valence-electron chi connectivity index (χ1n) is 7.39. The lowest BCUT2D eigenvalue weighted by Crippen LogP contribution is -2.16. The highest BCUT2D eigenvalue weighted by Gasteiger charge is 2.26. The van der Waals surface area contributed by atoms with E-state index in [4.69, 9.17) is 5.73 Å². The average Bonchev–Trinajstić information content (AvgIpc) is 3.00. The van der Waals surface area contributed by atoms with Gasteiger partial charge in [-0.05, 0) is 55.5 Å². The van der Waals surface area contributed by atoms with Crippen LogP contribution in [0.1, 0.15) is 26.3 Å². The Labute approximate surface area is 151 Å². The molecule has 130 valence electrons. The normalized spacial score (nSPS) is 11.8. The molecule has 1 aromatic carbocycles. The summed E-state index contributed by atoms with van der Waals surface area (Å²) in [5.41, 5.74) is 6.98. The molecule has 9 heteroatoms. The van der Waals surface area contributed by atoms with Crippen molar-refractivity contribution in [3.8, 4) is 17.1 Å². The average molecular weight is 409 g/mol. The van der Waals surface area contributed by atoms with E-state index in [-0.39, 0.29) is 27.2 Å². The van der Waals surface area contributed by atoms with E-state index in [0.717, 1.165) is 10.2 Å². The zero-order valence-electron chi connectivity index (χ0n) is 13.8. The monoisotopic (exact) mass is 408 g/mol. The quantitative estimate of drug-likeness (QED) is 0.654. The van der Waals surface area contributed by atoms with E-state index in [9.17, 15) is 8.78 Å². The standard InChI is InChI=1S/C16H15BrF2N6/c1-16(2,3)8-6-7-21-14(20)11(8)15-22-23-24-25(15)10-5-4-9(17)12(18)13(10)19/h4-7H,1-3H3,(H2,20,21). The van der Waals surface area contributed by atoms with Crippen molar-refractivity contribution < 1.29 is 8.78 Å². The summed E-state index contributed by atoms with van der Waals surface area (Å²) in [5, 5.41) is 11.4. The summed E-state index contributed by atoms with van der Waals surface area (Å²) in [6, 6.07) is 4.57. The zero-order valence-corrected chi connectivity index (χ0v) is 15.3. The molecule has 0 saturated heterocycles. The second-order valence-electron chi connectivity index (χ2n) is 6.48. The van der Waals surface area contributed by atoms with Crippen LogP contribution in [-0.2, 0) is 5.41 Å². The number of nitrogen functional groups attached to an aromatic ring is 1. The second kappa shape index (κ2) is 6.14. The van der Waals surface area contributed by atoms with Gasteiger partial charge in [0.25, 0.3) is 0 Å². The lowest BCUT2D eigenvalue weighted by molar-refractivity contribution is 0.496. The minimum absolute atomic E-state index is 0.0136. The number of halogens is 3. The first-order valence-corrected chi connectivity index (χ1v) is 8.18. The number of nitrogens with two attached hydrogens (primary N) is 1. The Hall–Kier alpha value is -2.42. The van der Waals surface area contributed by atoms with Crippen LogP contribution < -0.4 is 5.73 Å². The van der Waals surface area contributed by atoms with Crippen molar-refractivity contribution in [3.63, 3.8) is 0 Å². The van der Waals surface area contributed by atoms with E-state index in [1.807, 2.05) is 26.8 Å². The molecule has 2 aromatic heterocycles. The van der Waals surface area contributed by atoms with Crippen LogP contribution in [-0.4, -0.2) is 25.2 Å². The Kier molecular flexibility index (Phi) is 4.28. The van der Waals surface area contributed by atoms with Gasteiger partial charge in [-0.2, -0.15) is 4.68 Å². The fourth-order valence-corrected chi connectivity index (χ4v) is 2.83. The van der Waals surface area contributed by atoms with Gasteiger partial charge in [0.15, 0.2) is 17.5 Å². The molecule has 0 fully saturated rings. The third-order valence-electron chi connectivity index (χ3n) is 3.72. The maximum absolute atomic E-state index is 14.4. The van der Waals surface area contributed by atoms with Crippen molar-refractivity contribution in [1.29, 1.82) is 0 Å². The zero-order chi connectivity index (χ0) is 18.4. The summed E-state index contributed by atoms with van der Waals surface area (Å²) in [6.45, 7) is 6.00. The summed E-state index contributed by atoms with van der Waals surface area (Å²) in [7, 11) is 0. The Morgan fingerprint density at radius 1 is 1.12 bits per heavy atom. The van der Waals surface area contributed by atoms with E-state index >= 15 is 0 Å². The summed E-state index contributed by atoms with van der Waals surface area (Å²) in [5.74, 6) is -1.69. The lowest BCUT2D eigenvalue weighted by Gasteiger charge is -2.23. The Morgan fingerprint density at radius 2 is 1.84 bits per heavy atom. The lowest BCUT2D eigenvalue weighted by atomic mass is 9.84. The molecule has 2 heterocycles. The van der Waals surface area contributed by atoms with Crippen LogP contribution >= 0.6 is 15.9 Å². The summed E-state index contributed by atoms with van der Waals surface area (Å²) < 4.78 is 29.4. The summed E-state index contributed by atoms with van der Waals surface area (Å²) in [4.78, 5) is 4.09. The van der Waals surface area contributed by atoms with Crippen molar-refractivity contribution >= 4 is 21.7 Å². The number of pyridine rings is 1. The maximum atomic E-state index is 14.4. The minimum atomic E-state index is -1.07. The molecule has 0 bridgehead atoms. The molecule has 0 radical (unpaired) electrons.